The molecule has 6 heteroatoms. The number of hydrogen-bond donors (Lipinski definition) is 2. The number of benzene rings is 1. The van der Waals surface area contributed by atoms with Gasteiger partial charge in [-0.1, -0.05) is 24.3 Å². The van der Waals surface area contributed by atoms with E-state index in [1.807, 2.05) is 37.3 Å². The highest BCUT2D eigenvalue weighted by Gasteiger charge is 2.41. The molecule has 1 aliphatic carbocycles. The Morgan fingerprint density at radius 3 is 2.64 bits per heavy atom. The summed E-state index contributed by atoms with van der Waals surface area (Å²) in [5.74, 6) is 0.355. The van der Waals surface area contributed by atoms with Crippen molar-refractivity contribution >= 4 is 41.5 Å². The highest BCUT2D eigenvalue weighted by atomic mass is 35.5. The summed E-state index contributed by atoms with van der Waals surface area (Å²) in [6, 6.07) is 9.70. The molecule has 3 rings (SSSR count). The number of aromatic nitrogens is 1. The van der Waals surface area contributed by atoms with Crippen LogP contribution < -0.4 is 11.1 Å². The number of carbonyl (C=O) groups excluding carboxylic acids is 1. The van der Waals surface area contributed by atoms with Gasteiger partial charge in [-0.2, -0.15) is 0 Å². The lowest BCUT2D eigenvalue weighted by Crippen LogP contribution is -2.53. The molecule has 1 fully saturated rings. The van der Waals surface area contributed by atoms with E-state index in [9.17, 15) is 4.79 Å². The van der Waals surface area contributed by atoms with E-state index in [4.69, 9.17) is 5.73 Å². The Morgan fingerprint density at radius 1 is 1.32 bits per heavy atom. The first-order valence-corrected chi connectivity index (χ1v) is 7.00. The van der Waals surface area contributed by atoms with Crippen LogP contribution in [-0.2, 0) is 0 Å². The lowest BCUT2D eigenvalue weighted by atomic mass is 9.95. The van der Waals surface area contributed by atoms with Crippen LogP contribution in [0.25, 0.3) is 10.8 Å². The van der Waals surface area contributed by atoms with Crippen molar-refractivity contribution in [2.45, 2.75) is 25.3 Å². The number of rotatable bonds is 4. The van der Waals surface area contributed by atoms with E-state index in [1.54, 1.807) is 6.20 Å². The van der Waals surface area contributed by atoms with Crippen molar-refractivity contribution in [1.82, 2.24) is 10.3 Å². The van der Waals surface area contributed by atoms with Crippen LogP contribution in [-0.4, -0.2) is 23.0 Å². The van der Waals surface area contributed by atoms with E-state index < -0.39 is 0 Å². The summed E-state index contributed by atoms with van der Waals surface area (Å²) < 4.78 is 0. The van der Waals surface area contributed by atoms with Crippen molar-refractivity contribution in [2.75, 3.05) is 6.54 Å². The summed E-state index contributed by atoms with van der Waals surface area (Å²) in [4.78, 5) is 16.8. The fourth-order valence-electron chi connectivity index (χ4n) is 2.66. The third-order valence-electron chi connectivity index (χ3n) is 4.19. The van der Waals surface area contributed by atoms with Crippen LogP contribution in [0.3, 0.4) is 0 Å². The largest absolute Gasteiger partial charge is 0.344 e. The molecule has 0 radical (unpaired) electrons. The molecule has 120 valence electrons. The normalized spacial score (nSPS) is 16.1. The Hall–Kier alpha value is -1.36. The minimum Gasteiger partial charge on any atom is -0.344 e. The topological polar surface area (TPSA) is 68.0 Å². The van der Waals surface area contributed by atoms with Crippen molar-refractivity contribution in [2.24, 2.45) is 11.7 Å². The van der Waals surface area contributed by atoms with Crippen molar-refractivity contribution in [3.8, 4) is 0 Å². The molecule has 4 nitrogen and oxygen atoms in total. The van der Waals surface area contributed by atoms with Gasteiger partial charge in [0.15, 0.2) is 0 Å². The van der Waals surface area contributed by atoms with Crippen LogP contribution >= 0.6 is 24.8 Å². The molecule has 0 bridgehead atoms. The zero-order valence-electron chi connectivity index (χ0n) is 12.4. The van der Waals surface area contributed by atoms with E-state index in [2.05, 4.69) is 10.3 Å². The second-order valence-electron chi connectivity index (χ2n) is 5.73. The van der Waals surface area contributed by atoms with Crippen molar-refractivity contribution in [1.29, 1.82) is 0 Å². The summed E-state index contributed by atoms with van der Waals surface area (Å²) in [6.07, 6.45) is 3.95. The summed E-state index contributed by atoms with van der Waals surface area (Å²) in [5, 5.41) is 4.99. The lowest BCUT2D eigenvalue weighted by molar-refractivity contribution is 0.0894. The first-order valence-electron chi connectivity index (χ1n) is 7.00. The highest BCUT2D eigenvalue weighted by Crippen LogP contribution is 2.39. The number of halogens is 2. The molecular weight excluding hydrogens is 321 g/mol. The molecule has 0 spiro atoms. The summed E-state index contributed by atoms with van der Waals surface area (Å²) in [5.41, 5.74) is 6.00. The van der Waals surface area contributed by atoms with Gasteiger partial charge >= 0.3 is 0 Å². The standard InChI is InChI=1S/C16H19N3O.2ClH/c1-16(10-17,12-6-7-12)19-15(20)14-13-5-3-2-4-11(13)8-9-18-14;;/h2-5,8-9,12H,6-7,10,17H2,1H3,(H,19,20);2*1H. The lowest BCUT2D eigenvalue weighted by Gasteiger charge is -2.29. The van der Waals surface area contributed by atoms with Gasteiger partial charge < -0.3 is 11.1 Å². The molecule has 1 saturated carbocycles. The zero-order valence-corrected chi connectivity index (χ0v) is 14.0. The second-order valence-corrected chi connectivity index (χ2v) is 5.73. The van der Waals surface area contributed by atoms with Gasteiger partial charge in [0.05, 0.1) is 5.54 Å². The summed E-state index contributed by atoms with van der Waals surface area (Å²) >= 11 is 0. The third-order valence-corrected chi connectivity index (χ3v) is 4.19. The first-order chi connectivity index (χ1) is 9.64. The number of pyridine rings is 1. The van der Waals surface area contributed by atoms with Gasteiger partial charge in [-0.3, -0.25) is 9.78 Å². The Labute approximate surface area is 142 Å². The van der Waals surface area contributed by atoms with E-state index in [-0.39, 0.29) is 36.3 Å². The molecule has 1 amide bonds. The van der Waals surface area contributed by atoms with Crippen LogP contribution in [0.4, 0.5) is 0 Å². The van der Waals surface area contributed by atoms with Gasteiger partial charge in [0.1, 0.15) is 5.69 Å². The molecule has 1 unspecified atom stereocenters. The zero-order chi connectivity index (χ0) is 14.2. The average Bonchev–Trinajstić information content (AvgIpc) is 3.31. The van der Waals surface area contributed by atoms with Gasteiger partial charge in [0.25, 0.3) is 5.91 Å². The quantitative estimate of drug-likeness (QED) is 0.898. The Morgan fingerprint density at radius 2 is 2.00 bits per heavy atom. The predicted octanol–water partition coefficient (Wildman–Crippen LogP) is 2.94. The fraction of sp³-hybridized carbons (Fsp3) is 0.375. The summed E-state index contributed by atoms with van der Waals surface area (Å²) in [6.45, 7) is 2.47. The molecule has 2 aromatic rings. The van der Waals surface area contributed by atoms with E-state index >= 15 is 0 Å². The maximum absolute atomic E-state index is 12.5. The van der Waals surface area contributed by atoms with Crippen LogP contribution in [0.2, 0.25) is 0 Å². The number of carbonyl (C=O) groups is 1. The third kappa shape index (κ3) is 3.51. The number of hydrogen-bond acceptors (Lipinski definition) is 3. The van der Waals surface area contributed by atoms with Gasteiger partial charge in [-0.15, -0.1) is 24.8 Å². The number of fused-ring (bicyclic) bond motifs is 1. The molecule has 1 aromatic carbocycles. The molecule has 3 N–H and O–H groups in total. The maximum Gasteiger partial charge on any atom is 0.270 e. The second kappa shape index (κ2) is 7.27. The van der Waals surface area contributed by atoms with Gasteiger partial charge in [-0.25, -0.2) is 0 Å². The SMILES string of the molecule is CC(CN)(NC(=O)c1nccc2ccccc12)C1CC1.Cl.Cl. The molecule has 1 aliphatic rings. The minimum absolute atomic E-state index is 0. The molecule has 0 saturated heterocycles. The molecule has 0 aliphatic heterocycles. The molecule has 1 atom stereocenters. The van der Waals surface area contributed by atoms with Crippen molar-refractivity contribution in [3.63, 3.8) is 0 Å². The minimum atomic E-state index is -0.324. The van der Waals surface area contributed by atoms with Crippen LogP contribution in [0.1, 0.15) is 30.3 Å². The number of nitrogens with one attached hydrogen (secondary N) is 1. The van der Waals surface area contributed by atoms with Crippen LogP contribution in [0.15, 0.2) is 36.5 Å². The summed E-state index contributed by atoms with van der Waals surface area (Å²) in [7, 11) is 0. The Kier molecular flexibility index (Phi) is 6.17. The van der Waals surface area contributed by atoms with E-state index in [1.165, 1.54) is 0 Å². The monoisotopic (exact) mass is 341 g/mol. The predicted molar refractivity (Wildman–Crippen MR) is 93.9 cm³/mol. The fourth-order valence-corrected chi connectivity index (χ4v) is 2.66. The Balaban J connectivity index is 0.00000121. The Bertz CT molecular complexity index is 655. The smallest absolute Gasteiger partial charge is 0.270 e. The molecule has 22 heavy (non-hydrogen) atoms. The van der Waals surface area contributed by atoms with E-state index in [0.717, 1.165) is 23.6 Å². The van der Waals surface area contributed by atoms with Crippen LogP contribution in [0.5, 0.6) is 0 Å². The molecule has 1 aromatic heterocycles. The van der Waals surface area contributed by atoms with Gasteiger partial charge in [0.2, 0.25) is 0 Å². The van der Waals surface area contributed by atoms with Crippen molar-refractivity contribution < 1.29 is 4.79 Å². The molecular formula is C16H21Cl2N3O. The highest BCUT2D eigenvalue weighted by molar-refractivity contribution is 6.05. The number of nitrogens with two attached hydrogens (primary N) is 1. The van der Waals surface area contributed by atoms with E-state index in [0.29, 0.717) is 18.2 Å². The number of nitrogens with zero attached hydrogens (tertiary/aromatic N) is 1. The maximum atomic E-state index is 12.5. The van der Waals surface area contributed by atoms with Gasteiger partial charge in [-0.05, 0) is 37.1 Å². The number of amides is 1. The van der Waals surface area contributed by atoms with Gasteiger partial charge in [0, 0.05) is 18.1 Å². The van der Waals surface area contributed by atoms with Crippen LogP contribution in [0, 0.1) is 5.92 Å². The average molecular weight is 342 g/mol. The van der Waals surface area contributed by atoms with Crippen molar-refractivity contribution in [3.05, 3.63) is 42.2 Å². The molecule has 1 heterocycles. The first kappa shape index (κ1) is 18.7.